The zero-order chi connectivity index (χ0) is 17.5. The van der Waals surface area contributed by atoms with E-state index in [4.69, 9.17) is 9.47 Å². The van der Waals surface area contributed by atoms with Crippen LogP contribution < -0.4 is 14.8 Å². The lowest BCUT2D eigenvalue weighted by Gasteiger charge is -2.15. The monoisotopic (exact) mass is 345 g/mol. The maximum atomic E-state index is 12.3. The smallest absolute Gasteiger partial charge is 0.224 e. The van der Waals surface area contributed by atoms with Crippen LogP contribution in [0.3, 0.4) is 0 Å². The van der Waals surface area contributed by atoms with Gasteiger partial charge in [0.25, 0.3) is 0 Å². The van der Waals surface area contributed by atoms with E-state index in [0.29, 0.717) is 17.9 Å². The Hall–Kier alpha value is -2.14. The van der Waals surface area contributed by atoms with Crippen LogP contribution in [-0.4, -0.2) is 26.4 Å². The second-order valence-corrected chi connectivity index (χ2v) is 6.31. The molecule has 24 heavy (non-hydrogen) atoms. The minimum Gasteiger partial charge on any atom is -0.493 e. The topological polar surface area (TPSA) is 47.6 Å². The Balaban J connectivity index is 1.99. The Bertz CT molecular complexity index is 686. The number of benzene rings is 2. The molecule has 1 unspecified atom stereocenters. The van der Waals surface area contributed by atoms with Crippen LogP contribution in [-0.2, 0) is 11.2 Å². The molecule has 1 atom stereocenters. The van der Waals surface area contributed by atoms with Crippen LogP contribution in [0.5, 0.6) is 11.5 Å². The van der Waals surface area contributed by atoms with Crippen molar-refractivity contribution in [2.45, 2.75) is 24.3 Å². The van der Waals surface area contributed by atoms with Crippen molar-refractivity contribution in [1.29, 1.82) is 0 Å². The molecule has 0 heterocycles. The average molecular weight is 345 g/mol. The SMILES string of the molecule is COc1ccc(CC(=O)NC(C)c2ccc(SC)cc2)cc1OC. The summed E-state index contributed by atoms with van der Waals surface area (Å²) in [6, 6.07) is 13.7. The highest BCUT2D eigenvalue weighted by Gasteiger charge is 2.12. The number of thioether (sulfide) groups is 1. The van der Waals surface area contributed by atoms with E-state index < -0.39 is 0 Å². The van der Waals surface area contributed by atoms with Crippen molar-refractivity contribution in [2.75, 3.05) is 20.5 Å². The Morgan fingerprint density at radius 2 is 1.75 bits per heavy atom. The summed E-state index contributed by atoms with van der Waals surface area (Å²) < 4.78 is 10.5. The summed E-state index contributed by atoms with van der Waals surface area (Å²) in [5.74, 6) is 1.26. The van der Waals surface area contributed by atoms with Crippen molar-refractivity contribution in [3.8, 4) is 11.5 Å². The number of ether oxygens (including phenoxy) is 2. The fourth-order valence-electron chi connectivity index (χ4n) is 2.44. The molecule has 0 aliphatic rings. The van der Waals surface area contributed by atoms with Gasteiger partial charge < -0.3 is 14.8 Å². The summed E-state index contributed by atoms with van der Waals surface area (Å²) in [4.78, 5) is 13.5. The maximum Gasteiger partial charge on any atom is 0.224 e. The Kier molecular flexibility index (Phi) is 6.55. The minimum absolute atomic E-state index is 0.0244. The molecule has 0 saturated heterocycles. The van der Waals surface area contributed by atoms with Crippen molar-refractivity contribution in [1.82, 2.24) is 5.32 Å². The summed E-state index contributed by atoms with van der Waals surface area (Å²) in [5.41, 5.74) is 1.98. The third-order valence-corrected chi connectivity index (χ3v) is 4.55. The summed E-state index contributed by atoms with van der Waals surface area (Å²) in [7, 11) is 3.18. The molecule has 0 aliphatic carbocycles. The summed E-state index contributed by atoms with van der Waals surface area (Å²) in [5, 5.41) is 3.03. The standard InChI is InChI=1S/C19H23NO3S/c1-13(15-6-8-16(24-4)9-7-15)20-19(21)12-14-5-10-17(22-2)18(11-14)23-3/h5-11,13H,12H2,1-4H3,(H,20,21). The molecule has 0 bridgehead atoms. The molecule has 0 radical (unpaired) electrons. The molecule has 4 nitrogen and oxygen atoms in total. The fourth-order valence-corrected chi connectivity index (χ4v) is 2.85. The first kappa shape index (κ1) is 18.2. The van der Waals surface area contributed by atoms with E-state index in [0.717, 1.165) is 11.1 Å². The van der Waals surface area contributed by atoms with Crippen molar-refractivity contribution < 1.29 is 14.3 Å². The van der Waals surface area contributed by atoms with Crippen molar-refractivity contribution >= 4 is 17.7 Å². The first-order valence-corrected chi connectivity index (χ1v) is 8.94. The molecule has 2 aromatic carbocycles. The molecular formula is C19H23NO3S. The third-order valence-electron chi connectivity index (χ3n) is 3.81. The van der Waals surface area contributed by atoms with Crippen LogP contribution >= 0.6 is 11.8 Å². The number of hydrogen-bond donors (Lipinski definition) is 1. The highest BCUT2D eigenvalue weighted by atomic mass is 32.2. The van der Waals surface area contributed by atoms with E-state index in [1.54, 1.807) is 26.0 Å². The van der Waals surface area contributed by atoms with E-state index >= 15 is 0 Å². The van der Waals surface area contributed by atoms with Crippen molar-refractivity contribution in [2.24, 2.45) is 0 Å². The highest BCUT2D eigenvalue weighted by molar-refractivity contribution is 7.98. The number of hydrogen-bond acceptors (Lipinski definition) is 4. The van der Waals surface area contributed by atoms with Crippen LogP contribution in [0, 0.1) is 0 Å². The zero-order valence-corrected chi connectivity index (χ0v) is 15.3. The van der Waals surface area contributed by atoms with Crippen LogP contribution in [0.4, 0.5) is 0 Å². The third kappa shape index (κ3) is 4.68. The lowest BCUT2D eigenvalue weighted by molar-refractivity contribution is -0.121. The van der Waals surface area contributed by atoms with Crippen LogP contribution in [0.2, 0.25) is 0 Å². The molecule has 0 fully saturated rings. The number of carbonyl (C=O) groups is 1. The van der Waals surface area contributed by atoms with Gasteiger partial charge >= 0.3 is 0 Å². The Morgan fingerprint density at radius 1 is 1.08 bits per heavy atom. The van der Waals surface area contributed by atoms with Gasteiger partial charge in [0.1, 0.15) is 0 Å². The minimum atomic E-state index is -0.0337. The van der Waals surface area contributed by atoms with Gasteiger partial charge in [-0.15, -0.1) is 11.8 Å². The van der Waals surface area contributed by atoms with Gasteiger partial charge in [-0.25, -0.2) is 0 Å². The molecule has 0 aliphatic heterocycles. The fraction of sp³-hybridized carbons (Fsp3) is 0.316. The van der Waals surface area contributed by atoms with E-state index in [2.05, 4.69) is 17.4 Å². The molecule has 5 heteroatoms. The number of nitrogens with one attached hydrogen (secondary N) is 1. The Morgan fingerprint density at radius 3 is 2.33 bits per heavy atom. The van der Waals surface area contributed by atoms with Gasteiger partial charge in [0.2, 0.25) is 5.91 Å². The van der Waals surface area contributed by atoms with E-state index in [9.17, 15) is 4.79 Å². The first-order chi connectivity index (χ1) is 11.6. The summed E-state index contributed by atoms with van der Waals surface area (Å²) in [6.07, 6.45) is 2.34. The molecular weight excluding hydrogens is 322 g/mol. The second-order valence-electron chi connectivity index (χ2n) is 5.43. The lowest BCUT2D eigenvalue weighted by Crippen LogP contribution is -2.28. The first-order valence-electron chi connectivity index (χ1n) is 7.71. The van der Waals surface area contributed by atoms with E-state index in [1.165, 1.54) is 4.90 Å². The maximum absolute atomic E-state index is 12.3. The second kappa shape index (κ2) is 8.64. The van der Waals surface area contributed by atoms with Gasteiger partial charge in [-0.05, 0) is 48.6 Å². The van der Waals surface area contributed by atoms with Gasteiger partial charge in [-0.2, -0.15) is 0 Å². The van der Waals surface area contributed by atoms with Crippen LogP contribution in [0.25, 0.3) is 0 Å². The summed E-state index contributed by atoms with van der Waals surface area (Å²) in [6.45, 7) is 1.99. The molecule has 0 aromatic heterocycles. The van der Waals surface area contributed by atoms with Gasteiger partial charge in [0, 0.05) is 4.90 Å². The molecule has 128 valence electrons. The molecule has 0 saturated carbocycles. The van der Waals surface area contributed by atoms with Gasteiger partial charge in [0.05, 0.1) is 26.7 Å². The predicted octanol–water partition coefficient (Wildman–Crippen LogP) is 3.85. The number of carbonyl (C=O) groups excluding carboxylic acids is 1. The Labute approximate surface area is 147 Å². The highest BCUT2D eigenvalue weighted by Crippen LogP contribution is 2.27. The molecule has 0 spiro atoms. The quantitative estimate of drug-likeness (QED) is 0.775. The molecule has 1 amide bonds. The lowest BCUT2D eigenvalue weighted by atomic mass is 10.1. The van der Waals surface area contributed by atoms with Crippen LogP contribution in [0.1, 0.15) is 24.1 Å². The molecule has 2 aromatic rings. The zero-order valence-electron chi connectivity index (χ0n) is 14.5. The number of rotatable bonds is 7. The van der Waals surface area contributed by atoms with Crippen molar-refractivity contribution in [3.63, 3.8) is 0 Å². The molecule has 2 rings (SSSR count). The van der Waals surface area contributed by atoms with Crippen molar-refractivity contribution in [3.05, 3.63) is 53.6 Å². The van der Waals surface area contributed by atoms with Gasteiger partial charge in [0.15, 0.2) is 11.5 Å². The number of amides is 1. The van der Waals surface area contributed by atoms with Gasteiger partial charge in [-0.3, -0.25) is 4.79 Å². The summed E-state index contributed by atoms with van der Waals surface area (Å²) >= 11 is 1.70. The largest absolute Gasteiger partial charge is 0.493 e. The van der Waals surface area contributed by atoms with Crippen LogP contribution in [0.15, 0.2) is 47.4 Å². The van der Waals surface area contributed by atoms with E-state index in [-0.39, 0.29) is 11.9 Å². The molecule has 1 N–H and O–H groups in total. The number of methoxy groups -OCH3 is 2. The van der Waals surface area contributed by atoms with E-state index in [1.807, 2.05) is 43.5 Å². The van der Waals surface area contributed by atoms with Gasteiger partial charge in [-0.1, -0.05) is 18.2 Å². The normalized spacial score (nSPS) is 11.7. The predicted molar refractivity (Wildman–Crippen MR) is 98.0 cm³/mol. The average Bonchev–Trinajstić information content (AvgIpc) is 2.61.